The average molecular weight is 281 g/mol. The molecule has 21 heavy (non-hydrogen) atoms. The molecule has 5 nitrogen and oxygen atoms in total. The van der Waals surface area contributed by atoms with Gasteiger partial charge in [0, 0.05) is 36.7 Å². The molecular formula is C16H15N3O2. The molecule has 3 rings (SSSR count). The van der Waals surface area contributed by atoms with E-state index in [1.54, 1.807) is 29.4 Å². The van der Waals surface area contributed by atoms with Gasteiger partial charge in [0.1, 0.15) is 0 Å². The molecule has 1 aromatic heterocycles. The van der Waals surface area contributed by atoms with Crippen LogP contribution in [0.25, 0.3) is 0 Å². The fourth-order valence-corrected chi connectivity index (χ4v) is 2.42. The number of carbonyl (C=O) groups excluding carboxylic acids is 2. The van der Waals surface area contributed by atoms with Crippen molar-refractivity contribution >= 4 is 23.2 Å². The first-order valence-electron chi connectivity index (χ1n) is 6.80. The molecule has 0 unspecified atom stereocenters. The molecule has 1 atom stereocenters. The minimum Gasteiger partial charge on any atom is -0.326 e. The molecule has 1 aliphatic rings. The van der Waals surface area contributed by atoms with Gasteiger partial charge in [-0.05, 0) is 24.3 Å². The summed E-state index contributed by atoms with van der Waals surface area (Å²) in [7, 11) is 0. The van der Waals surface area contributed by atoms with E-state index in [-0.39, 0.29) is 24.2 Å². The van der Waals surface area contributed by atoms with E-state index in [1.807, 2.05) is 30.3 Å². The molecule has 2 aromatic rings. The van der Waals surface area contributed by atoms with Crippen LogP contribution in [0.15, 0.2) is 54.9 Å². The Balaban J connectivity index is 1.68. The van der Waals surface area contributed by atoms with E-state index >= 15 is 0 Å². The van der Waals surface area contributed by atoms with Crippen molar-refractivity contribution in [2.75, 3.05) is 16.8 Å². The fraction of sp³-hybridized carbons (Fsp3) is 0.188. The molecule has 1 aliphatic heterocycles. The fourth-order valence-electron chi connectivity index (χ4n) is 2.42. The van der Waals surface area contributed by atoms with Crippen molar-refractivity contribution < 1.29 is 9.59 Å². The van der Waals surface area contributed by atoms with Gasteiger partial charge in [-0.2, -0.15) is 0 Å². The summed E-state index contributed by atoms with van der Waals surface area (Å²) in [6.45, 7) is 0.416. The monoisotopic (exact) mass is 281 g/mol. The summed E-state index contributed by atoms with van der Waals surface area (Å²) in [6, 6.07) is 12.9. The second-order valence-corrected chi connectivity index (χ2v) is 4.97. The molecule has 5 heteroatoms. The summed E-state index contributed by atoms with van der Waals surface area (Å²) in [4.78, 5) is 29.9. The largest absolute Gasteiger partial charge is 0.326 e. The molecule has 0 bridgehead atoms. The van der Waals surface area contributed by atoms with E-state index in [4.69, 9.17) is 0 Å². The Morgan fingerprint density at radius 3 is 2.57 bits per heavy atom. The van der Waals surface area contributed by atoms with Crippen LogP contribution in [-0.4, -0.2) is 23.3 Å². The first-order valence-corrected chi connectivity index (χ1v) is 6.80. The standard InChI is InChI=1S/C16H15N3O2/c20-15-10-12(11-19(15)14-4-2-1-3-5-14)16(21)18-13-6-8-17-9-7-13/h1-9,12H,10-11H2,(H,17,18,21)/t12-/m0/s1. The summed E-state index contributed by atoms with van der Waals surface area (Å²) in [6.07, 6.45) is 3.48. The minimum atomic E-state index is -0.328. The average Bonchev–Trinajstić information content (AvgIpc) is 2.91. The van der Waals surface area contributed by atoms with Crippen LogP contribution < -0.4 is 10.2 Å². The highest BCUT2D eigenvalue weighted by molar-refractivity contribution is 6.03. The number of hydrogen-bond donors (Lipinski definition) is 1. The smallest absolute Gasteiger partial charge is 0.229 e. The summed E-state index contributed by atoms with van der Waals surface area (Å²) in [5.41, 5.74) is 1.53. The third kappa shape index (κ3) is 2.91. The lowest BCUT2D eigenvalue weighted by Crippen LogP contribution is -2.28. The first-order chi connectivity index (χ1) is 10.2. The Morgan fingerprint density at radius 2 is 1.86 bits per heavy atom. The highest BCUT2D eigenvalue weighted by Gasteiger charge is 2.35. The van der Waals surface area contributed by atoms with Gasteiger partial charge in [-0.3, -0.25) is 14.6 Å². The van der Waals surface area contributed by atoms with Crippen LogP contribution in [0, 0.1) is 5.92 Å². The number of carbonyl (C=O) groups is 2. The second-order valence-electron chi connectivity index (χ2n) is 4.97. The lowest BCUT2D eigenvalue weighted by molar-refractivity contribution is -0.122. The molecule has 2 amide bonds. The first kappa shape index (κ1) is 13.3. The summed E-state index contributed by atoms with van der Waals surface area (Å²) < 4.78 is 0. The molecule has 0 radical (unpaired) electrons. The topological polar surface area (TPSA) is 62.3 Å². The van der Waals surface area contributed by atoms with Crippen molar-refractivity contribution in [2.24, 2.45) is 5.92 Å². The minimum absolute atomic E-state index is 0.0175. The molecular weight excluding hydrogens is 266 g/mol. The molecule has 1 aromatic carbocycles. The van der Waals surface area contributed by atoms with E-state index in [0.29, 0.717) is 12.2 Å². The maximum Gasteiger partial charge on any atom is 0.229 e. The lowest BCUT2D eigenvalue weighted by Gasteiger charge is -2.16. The number of anilines is 2. The van der Waals surface area contributed by atoms with Crippen molar-refractivity contribution in [3.63, 3.8) is 0 Å². The van der Waals surface area contributed by atoms with Crippen LogP contribution in [0.4, 0.5) is 11.4 Å². The normalized spacial score (nSPS) is 17.8. The van der Waals surface area contributed by atoms with Crippen molar-refractivity contribution in [1.29, 1.82) is 0 Å². The number of hydrogen-bond acceptors (Lipinski definition) is 3. The van der Waals surface area contributed by atoms with E-state index in [1.165, 1.54) is 0 Å². The number of para-hydroxylation sites is 1. The number of amides is 2. The maximum absolute atomic E-state index is 12.2. The van der Waals surface area contributed by atoms with E-state index in [2.05, 4.69) is 10.3 Å². The Labute approximate surface area is 122 Å². The Hall–Kier alpha value is -2.69. The third-order valence-electron chi connectivity index (χ3n) is 3.51. The van der Waals surface area contributed by atoms with E-state index < -0.39 is 0 Å². The van der Waals surface area contributed by atoms with Crippen LogP contribution in [0.1, 0.15) is 6.42 Å². The molecule has 1 N–H and O–H groups in total. The summed E-state index contributed by atoms with van der Waals surface area (Å²) in [5.74, 6) is -0.477. The van der Waals surface area contributed by atoms with Gasteiger partial charge in [-0.25, -0.2) is 0 Å². The van der Waals surface area contributed by atoms with Crippen molar-refractivity contribution in [1.82, 2.24) is 4.98 Å². The molecule has 106 valence electrons. The number of rotatable bonds is 3. The van der Waals surface area contributed by atoms with Gasteiger partial charge in [0.2, 0.25) is 11.8 Å². The van der Waals surface area contributed by atoms with E-state index in [9.17, 15) is 9.59 Å². The Kier molecular flexibility index (Phi) is 3.64. The van der Waals surface area contributed by atoms with Gasteiger partial charge >= 0.3 is 0 Å². The predicted molar refractivity (Wildman–Crippen MR) is 79.8 cm³/mol. The molecule has 0 spiro atoms. The summed E-state index contributed by atoms with van der Waals surface area (Å²) in [5, 5.41) is 2.82. The molecule has 1 saturated heterocycles. The number of aromatic nitrogens is 1. The lowest BCUT2D eigenvalue weighted by atomic mass is 10.1. The van der Waals surface area contributed by atoms with Crippen molar-refractivity contribution in [3.05, 3.63) is 54.9 Å². The molecule has 0 aliphatic carbocycles. The van der Waals surface area contributed by atoms with Crippen LogP contribution in [0.5, 0.6) is 0 Å². The molecule has 2 heterocycles. The Bertz CT molecular complexity index is 643. The van der Waals surface area contributed by atoms with Gasteiger partial charge in [-0.15, -0.1) is 0 Å². The highest BCUT2D eigenvalue weighted by atomic mass is 16.2. The van der Waals surface area contributed by atoms with E-state index in [0.717, 1.165) is 5.69 Å². The predicted octanol–water partition coefficient (Wildman–Crippen LogP) is 2.07. The van der Waals surface area contributed by atoms with Gasteiger partial charge in [0.15, 0.2) is 0 Å². The highest BCUT2D eigenvalue weighted by Crippen LogP contribution is 2.25. The van der Waals surface area contributed by atoms with Crippen LogP contribution in [0.3, 0.4) is 0 Å². The zero-order valence-electron chi connectivity index (χ0n) is 11.4. The number of nitrogens with one attached hydrogen (secondary N) is 1. The summed E-state index contributed by atoms with van der Waals surface area (Å²) >= 11 is 0. The third-order valence-corrected chi connectivity index (χ3v) is 3.51. The molecule has 0 saturated carbocycles. The zero-order valence-corrected chi connectivity index (χ0v) is 11.4. The number of benzene rings is 1. The van der Waals surface area contributed by atoms with Crippen molar-refractivity contribution in [3.8, 4) is 0 Å². The zero-order chi connectivity index (χ0) is 14.7. The van der Waals surface area contributed by atoms with Gasteiger partial charge < -0.3 is 10.2 Å². The van der Waals surface area contributed by atoms with Crippen LogP contribution in [0.2, 0.25) is 0 Å². The number of pyridine rings is 1. The SMILES string of the molecule is O=C(Nc1ccncc1)[C@H]1CC(=O)N(c2ccccc2)C1. The second kappa shape index (κ2) is 5.75. The van der Waals surface area contributed by atoms with Gasteiger partial charge in [-0.1, -0.05) is 18.2 Å². The van der Waals surface area contributed by atoms with Crippen LogP contribution >= 0.6 is 0 Å². The van der Waals surface area contributed by atoms with Crippen molar-refractivity contribution in [2.45, 2.75) is 6.42 Å². The Morgan fingerprint density at radius 1 is 1.14 bits per heavy atom. The van der Waals surface area contributed by atoms with Crippen LogP contribution in [-0.2, 0) is 9.59 Å². The maximum atomic E-state index is 12.2. The van der Waals surface area contributed by atoms with Gasteiger partial charge in [0.25, 0.3) is 0 Å². The number of nitrogens with zero attached hydrogens (tertiary/aromatic N) is 2. The van der Waals surface area contributed by atoms with Gasteiger partial charge in [0.05, 0.1) is 5.92 Å². The molecule has 1 fully saturated rings. The quantitative estimate of drug-likeness (QED) is 0.936.